The molecule has 6 rings (SSSR count). The highest BCUT2D eigenvalue weighted by atomic mass is 16.5. The van der Waals surface area contributed by atoms with Crippen LogP contribution in [-0.2, 0) is 4.74 Å². The zero-order valence-electron chi connectivity index (χ0n) is 21.9. The van der Waals surface area contributed by atoms with Crippen LogP contribution in [-0.4, -0.2) is 58.7 Å². The smallest absolute Gasteiger partial charge is 0.0765 e. The highest BCUT2D eigenvalue weighted by Crippen LogP contribution is 2.64. The first kappa shape index (κ1) is 23.7. The number of piperidine rings is 1. The third-order valence-corrected chi connectivity index (χ3v) is 11.7. The summed E-state index contributed by atoms with van der Waals surface area (Å²) in [6.07, 6.45) is 12.9. The van der Waals surface area contributed by atoms with Crippen LogP contribution < -0.4 is 0 Å². The fraction of sp³-hybridized carbons (Fsp3) is 0.867. The van der Waals surface area contributed by atoms with Gasteiger partial charge in [0.25, 0.3) is 0 Å². The summed E-state index contributed by atoms with van der Waals surface area (Å²) in [7, 11) is 0. The second-order valence-corrected chi connectivity index (χ2v) is 13.4. The van der Waals surface area contributed by atoms with Gasteiger partial charge in [0.15, 0.2) is 0 Å². The highest BCUT2D eigenvalue weighted by molar-refractivity contribution is 5.33. The second-order valence-electron chi connectivity index (χ2n) is 13.4. The first-order valence-corrected chi connectivity index (χ1v) is 14.4. The van der Waals surface area contributed by atoms with E-state index < -0.39 is 0 Å². The number of allylic oxidation sites excluding steroid dienone is 2. The summed E-state index contributed by atoms with van der Waals surface area (Å²) in [4.78, 5) is 2.55. The number of fused-ring (bicyclic) bond motifs is 6. The van der Waals surface area contributed by atoms with Gasteiger partial charge in [0.2, 0.25) is 0 Å². The van der Waals surface area contributed by atoms with E-state index in [-0.39, 0.29) is 18.3 Å². The number of nitrogens with zero attached hydrogens (tertiary/aromatic N) is 1. The average Bonchev–Trinajstić information content (AvgIpc) is 3.25. The van der Waals surface area contributed by atoms with Crippen LogP contribution >= 0.6 is 0 Å². The minimum atomic E-state index is -0.218. The first-order valence-electron chi connectivity index (χ1n) is 14.4. The van der Waals surface area contributed by atoms with Gasteiger partial charge < -0.3 is 14.9 Å². The Bertz CT molecular complexity index is 880. The fourth-order valence-electron chi connectivity index (χ4n) is 10.0. The molecule has 4 aliphatic carbocycles. The number of likely N-dealkylation sites (tertiary alicyclic amines) is 1. The summed E-state index contributed by atoms with van der Waals surface area (Å²) in [5, 5.41) is 20.0. The Kier molecular flexibility index (Phi) is 5.88. The molecule has 10 atom stereocenters. The zero-order chi connectivity index (χ0) is 23.8. The predicted molar refractivity (Wildman–Crippen MR) is 135 cm³/mol. The molecular weight excluding hydrogens is 422 g/mol. The van der Waals surface area contributed by atoms with Gasteiger partial charge in [0, 0.05) is 25.0 Å². The predicted octanol–water partition coefficient (Wildman–Crippen LogP) is 5.10. The molecule has 0 amide bonds. The lowest BCUT2D eigenvalue weighted by Gasteiger charge is -2.49. The van der Waals surface area contributed by atoms with E-state index in [1.54, 1.807) is 16.7 Å². The second kappa shape index (κ2) is 8.43. The molecular formula is C30H47NO3. The first-order chi connectivity index (χ1) is 16.3. The molecule has 2 saturated carbocycles. The molecule has 4 heteroatoms. The zero-order valence-corrected chi connectivity index (χ0v) is 21.9. The number of aliphatic hydroxyl groups excluding tert-OH is 2. The van der Waals surface area contributed by atoms with Crippen molar-refractivity contribution in [2.75, 3.05) is 19.7 Å². The van der Waals surface area contributed by atoms with Crippen LogP contribution in [0.15, 0.2) is 22.8 Å². The van der Waals surface area contributed by atoms with Gasteiger partial charge in [0.05, 0.1) is 24.4 Å². The maximum absolute atomic E-state index is 10.3. The highest BCUT2D eigenvalue weighted by Gasteiger charge is 2.59. The normalized spacial score (nSPS) is 50.9. The molecule has 2 N–H and O–H groups in total. The van der Waals surface area contributed by atoms with E-state index in [2.05, 4.69) is 38.7 Å². The van der Waals surface area contributed by atoms with Gasteiger partial charge in [-0.25, -0.2) is 0 Å². The Labute approximate surface area is 206 Å². The van der Waals surface area contributed by atoms with E-state index >= 15 is 0 Å². The molecule has 0 aromatic carbocycles. The molecule has 1 spiro atoms. The quantitative estimate of drug-likeness (QED) is 0.553. The maximum Gasteiger partial charge on any atom is 0.0765 e. The summed E-state index contributed by atoms with van der Waals surface area (Å²) >= 11 is 0. The van der Waals surface area contributed by atoms with E-state index in [9.17, 15) is 10.2 Å². The van der Waals surface area contributed by atoms with Crippen molar-refractivity contribution in [3.05, 3.63) is 22.8 Å². The Balaban J connectivity index is 1.28. The van der Waals surface area contributed by atoms with Gasteiger partial charge in [-0.1, -0.05) is 43.6 Å². The van der Waals surface area contributed by atoms with E-state index in [1.165, 1.54) is 38.5 Å². The molecule has 4 fully saturated rings. The van der Waals surface area contributed by atoms with Crippen LogP contribution in [0, 0.1) is 35.0 Å². The van der Waals surface area contributed by atoms with Crippen molar-refractivity contribution < 1.29 is 14.9 Å². The van der Waals surface area contributed by atoms with Gasteiger partial charge in [-0.3, -0.25) is 4.90 Å². The van der Waals surface area contributed by atoms with Crippen LogP contribution in [0.4, 0.5) is 0 Å². The average molecular weight is 470 g/mol. The SMILES string of the molecule is CC1=C2C[C@H]3[C@@H](CCC4=C[C@@H](O)CC[C@@]43C)C2CC[C@@]2(C1)O[C@@H]1C[C@H](C)CN(CCO)[C@H]1[C@H]2C. The molecule has 2 aliphatic heterocycles. The molecule has 34 heavy (non-hydrogen) atoms. The number of rotatable bonds is 2. The van der Waals surface area contributed by atoms with Crippen molar-refractivity contribution in [1.82, 2.24) is 4.90 Å². The minimum Gasteiger partial charge on any atom is -0.395 e. The number of hydrogen-bond donors (Lipinski definition) is 2. The molecule has 0 radical (unpaired) electrons. The van der Waals surface area contributed by atoms with Gasteiger partial charge in [0.1, 0.15) is 0 Å². The van der Waals surface area contributed by atoms with Crippen molar-refractivity contribution in [3.8, 4) is 0 Å². The lowest BCUT2D eigenvalue weighted by molar-refractivity contribution is -0.0799. The summed E-state index contributed by atoms with van der Waals surface area (Å²) in [6.45, 7) is 11.9. The molecule has 190 valence electrons. The Hall–Kier alpha value is -0.680. The molecule has 2 saturated heterocycles. The number of aliphatic hydroxyl groups is 2. The lowest BCUT2D eigenvalue weighted by Crippen LogP contribution is -2.52. The lowest BCUT2D eigenvalue weighted by atomic mass is 9.56. The standard InChI is InChI=1S/C30H47NO3/c1-18-13-27-28(31(17-18)11-12-32)20(3)30(34-27)10-8-23-24-6-5-21-14-22(33)7-9-29(21,4)26(24)15-25(23)19(2)16-30/h14,18,20,22-24,26-28,32-33H,5-13,15-17H2,1-4H3/t18-,20+,22-,23?,24-,26-,27+,28-,29-,30-/m0/s1. The van der Waals surface area contributed by atoms with Crippen molar-refractivity contribution in [3.63, 3.8) is 0 Å². The largest absolute Gasteiger partial charge is 0.395 e. The molecule has 2 heterocycles. The molecule has 0 aromatic rings. The number of ether oxygens (including phenoxy) is 1. The van der Waals surface area contributed by atoms with Crippen LogP contribution in [0.1, 0.15) is 85.5 Å². The van der Waals surface area contributed by atoms with E-state index in [4.69, 9.17) is 4.74 Å². The van der Waals surface area contributed by atoms with Gasteiger partial charge in [-0.2, -0.15) is 0 Å². The monoisotopic (exact) mass is 469 g/mol. The van der Waals surface area contributed by atoms with Crippen LogP contribution in [0.3, 0.4) is 0 Å². The molecule has 0 bridgehead atoms. The summed E-state index contributed by atoms with van der Waals surface area (Å²) < 4.78 is 7.13. The summed E-state index contributed by atoms with van der Waals surface area (Å²) in [5.41, 5.74) is 5.25. The van der Waals surface area contributed by atoms with E-state index in [0.29, 0.717) is 29.4 Å². The molecule has 0 aromatic heterocycles. The topological polar surface area (TPSA) is 52.9 Å². The van der Waals surface area contributed by atoms with Crippen LogP contribution in [0.25, 0.3) is 0 Å². The fourth-order valence-corrected chi connectivity index (χ4v) is 10.0. The Morgan fingerprint density at radius 2 is 2.00 bits per heavy atom. The third-order valence-electron chi connectivity index (χ3n) is 11.7. The molecule has 6 aliphatic rings. The van der Waals surface area contributed by atoms with Gasteiger partial charge in [-0.05, 0) is 93.8 Å². The van der Waals surface area contributed by atoms with Gasteiger partial charge in [-0.15, -0.1) is 0 Å². The van der Waals surface area contributed by atoms with Crippen molar-refractivity contribution in [2.24, 2.45) is 35.0 Å². The van der Waals surface area contributed by atoms with Crippen LogP contribution in [0.5, 0.6) is 0 Å². The van der Waals surface area contributed by atoms with Crippen molar-refractivity contribution >= 4 is 0 Å². The van der Waals surface area contributed by atoms with E-state index in [0.717, 1.165) is 50.1 Å². The van der Waals surface area contributed by atoms with Gasteiger partial charge >= 0.3 is 0 Å². The minimum absolute atomic E-state index is 0.0252. The maximum atomic E-state index is 10.3. The third kappa shape index (κ3) is 3.45. The Morgan fingerprint density at radius 3 is 2.79 bits per heavy atom. The van der Waals surface area contributed by atoms with Crippen LogP contribution in [0.2, 0.25) is 0 Å². The van der Waals surface area contributed by atoms with Crippen molar-refractivity contribution in [2.45, 2.75) is 109 Å². The summed E-state index contributed by atoms with van der Waals surface area (Å²) in [5.74, 6) is 3.46. The molecule has 1 unspecified atom stereocenters. The van der Waals surface area contributed by atoms with Crippen molar-refractivity contribution in [1.29, 1.82) is 0 Å². The molecule has 4 nitrogen and oxygen atoms in total. The number of hydrogen-bond acceptors (Lipinski definition) is 4. The van der Waals surface area contributed by atoms with E-state index in [1.807, 2.05) is 0 Å². The summed E-state index contributed by atoms with van der Waals surface area (Å²) in [6, 6.07) is 0.460. The number of β-amino-alcohol motifs (C(OH)–C–C–N with tert-alkyl or cyclic N) is 1. The Morgan fingerprint density at radius 1 is 1.18 bits per heavy atom.